The second-order valence-corrected chi connectivity index (χ2v) is 5.22. The Morgan fingerprint density at radius 2 is 1.11 bits per heavy atom. The highest BCUT2D eigenvalue weighted by atomic mass is 16.8. The Labute approximate surface area is 161 Å². The number of para-hydroxylation sites is 2. The summed E-state index contributed by atoms with van der Waals surface area (Å²) in [5, 5.41) is 0. The van der Waals surface area contributed by atoms with Gasteiger partial charge in [0, 0.05) is 0 Å². The van der Waals surface area contributed by atoms with Crippen molar-refractivity contribution in [2.75, 3.05) is 13.2 Å². The Morgan fingerprint density at radius 3 is 1.50 bits per heavy atom. The van der Waals surface area contributed by atoms with Crippen molar-refractivity contribution in [3.05, 3.63) is 85.0 Å². The highest BCUT2D eigenvalue weighted by Crippen LogP contribution is 2.21. The van der Waals surface area contributed by atoms with E-state index in [1.54, 1.807) is 24.3 Å². The van der Waals surface area contributed by atoms with Crippen molar-refractivity contribution in [1.29, 1.82) is 0 Å². The minimum atomic E-state index is -1.47. The molecule has 0 radical (unpaired) electrons. The molecule has 0 atom stereocenters. The molecule has 0 aliphatic carbocycles. The van der Waals surface area contributed by atoms with Gasteiger partial charge < -0.3 is 18.9 Å². The van der Waals surface area contributed by atoms with Gasteiger partial charge in [-0.2, -0.15) is 0 Å². The van der Waals surface area contributed by atoms with Crippen LogP contribution in [0.4, 0.5) is 4.79 Å². The highest BCUT2D eigenvalue weighted by Gasteiger charge is 2.23. The van der Waals surface area contributed by atoms with Crippen molar-refractivity contribution in [3.8, 4) is 11.5 Å². The first-order chi connectivity index (χ1) is 13.6. The Hall–Kier alpha value is -3.87. The molecule has 0 spiro atoms. The predicted molar refractivity (Wildman–Crippen MR) is 100 cm³/mol. The molecule has 0 unspecified atom stereocenters. The van der Waals surface area contributed by atoms with Gasteiger partial charge in [0.25, 0.3) is 0 Å². The summed E-state index contributed by atoms with van der Waals surface area (Å²) in [4.78, 5) is 36.2. The quantitative estimate of drug-likeness (QED) is 0.388. The van der Waals surface area contributed by atoms with Crippen LogP contribution in [0.2, 0.25) is 0 Å². The van der Waals surface area contributed by atoms with Crippen molar-refractivity contribution in [1.82, 2.24) is 0 Å². The highest BCUT2D eigenvalue weighted by molar-refractivity contribution is 6.02. The van der Waals surface area contributed by atoms with Gasteiger partial charge in [0.1, 0.15) is 35.8 Å². The van der Waals surface area contributed by atoms with E-state index in [1.807, 2.05) is 0 Å². The molecular weight excluding hydrogens is 364 g/mol. The lowest BCUT2D eigenvalue weighted by molar-refractivity contribution is 0.0334. The molecule has 0 aromatic heterocycles. The normalized spacial score (nSPS) is 9.71. The van der Waals surface area contributed by atoms with Crippen LogP contribution < -0.4 is 9.47 Å². The standard InChI is InChI=1S/C21H18O7/c1-3-13-25-17-11-7-5-9-15(17)19(22)27-21(24)28-20(23)16-10-6-8-12-18(16)26-14-4-2/h3-12H,1-2,13-14H2. The Morgan fingerprint density at radius 1 is 0.714 bits per heavy atom. The van der Waals surface area contributed by atoms with Crippen LogP contribution in [0.25, 0.3) is 0 Å². The molecule has 0 saturated carbocycles. The second kappa shape index (κ2) is 10.3. The first-order valence-electron chi connectivity index (χ1n) is 8.20. The lowest BCUT2D eigenvalue weighted by Crippen LogP contribution is -2.19. The first-order valence-corrected chi connectivity index (χ1v) is 8.20. The third-order valence-corrected chi connectivity index (χ3v) is 3.28. The molecule has 0 heterocycles. The Balaban J connectivity index is 2.04. The maximum Gasteiger partial charge on any atom is 0.524 e. The smallest absolute Gasteiger partial charge is 0.489 e. The maximum atomic E-state index is 12.2. The van der Waals surface area contributed by atoms with Gasteiger partial charge in [-0.3, -0.25) is 0 Å². The molecule has 7 nitrogen and oxygen atoms in total. The number of hydrogen-bond acceptors (Lipinski definition) is 7. The molecule has 144 valence electrons. The van der Waals surface area contributed by atoms with Gasteiger partial charge in [-0.15, -0.1) is 0 Å². The topological polar surface area (TPSA) is 88.1 Å². The summed E-state index contributed by atoms with van der Waals surface area (Å²) in [6.45, 7) is 7.36. The van der Waals surface area contributed by atoms with Crippen LogP contribution in [0.1, 0.15) is 20.7 Å². The second-order valence-electron chi connectivity index (χ2n) is 5.22. The van der Waals surface area contributed by atoms with E-state index in [4.69, 9.17) is 9.47 Å². The summed E-state index contributed by atoms with van der Waals surface area (Å²) in [5.74, 6) is -1.63. The molecule has 0 saturated heterocycles. The predicted octanol–water partition coefficient (Wildman–Crippen LogP) is 3.95. The van der Waals surface area contributed by atoms with Crippen LogP contribution in [-0.2, 0) is 9.47 Å². The molecule has 0 N–H and O–H groups in total. The van der Waals surface area contributed by atoms with Gasteiger partial charge in [-0.1, -0.05) is 49.6 Å². The van der Waals surface area contributed by atoms with E-state index < -0.39 is 18.1 Å². The lowest BCUT2D eigenvalue weighted by Gasteiger charge is -2.10. The zero-order chi connectivity index (χ0) is 20.4. The van der Waals surface area contributed by atoms with E-state index in [0.717, 1.165) is 0 Å². The SMILES string of the molecule is C=CCOc1ccccc1C(=O)OC(=O)OC(=O)c1ccccc1OCC=C. The summed E-state index contributed by atoms with van der Waals surface area (Å²) in [6.07, 6.45) is 1.54. The average molecular weight is 382 g/mol. The van der Waals surface area contributed by atoms with E-state index in [2.05, 4.69) is 22.6 Å². The van der Waals surface area contributed by atoms with Crippen molar-refractivity contribution >= 4 is 18.1 Å². The summed E-state index contributed by atoms with van der Waals surface area (Å²) < 4.78 is 19.8. The van der Waals surface area contributed by atoms with Crippen LogP contribution in [0.15, 0.2) is 73.8 Å². The van der Waals surface area contributed by atoms with Crippen LogP contribution in [-0.4, -0.2) is 31.3 Å². The number of rotatable bonds is 8. The minimum absolute atomic E-state index is 0.00321. The fourth-order valence-electron chi connectivity index (χ4n) is 2.10. The van der Waals surface area contributed by atoms with Gasteiger partial charge in [-0.25, -0.2) is 14.4 Å². The third kappa shape index (κ3) is 5.57. The zero-order valence-corrected chi connectivity index (χ0v) is 15.0. The van der Waals surface area contributed by atoms with Crippen LogP contribution in [0, 0.1) is 0 Å². The monoisotopic (exact) mass is 382 g/mol. The molecule has 0 bridgehead atoms. The van der Waals surface area contributed by atoms with Crippen LogP contribution in [0.3, 0.4) is 0 Å². The van der Waals surface area contributed by atoms with Crippen molar-refractivity contribution in [2.24, 2.45) is 0 Å². The fourth-order valence-corrected chi connectivity index (χ4v) is 2.10. The van der Waals surface area contributed by atoms with Gasteiger partial charge in [0.2, 0.25) is 0 Å². The van der Waals surface area contributed by atoms with E-state index in [-0.39, 0.29) is 35.8 Å². The van der Waals surface area contributed by atoms with Crippen molar-refractivity contribution in [2.45, 2.75) is 0 Å². The zero-order valence-electron chi connectivity index (χ0n) is 15.0. The van der Waals surface area contributed by atoms with Gasteiger partial charge in [0.05, 0.1) is 0 Å². The molecule has 0 fully saturated rings. The number of carbonyl (C=O) groups is 3. The molecular formula is C21H18O7. The summed E-state index contributed by atoms with van der Waals surface area (Å²) in [6, 6.07) is 12.3. The summed E-state index contributed by atoms with van der Waals surface area (Å²) in [5.41, 5.74) is 0.00642. The third-order valence-electron chi connectivity index (χ3n) is 3.28. The molecule has 2 rings (SSSR count). The van der Waals surface area contributed by atoms with Crippen LogP contribution in [0.5, 0.6) is 11.5 Å². The van der Waals surface area contributed by atoms with E-state index in [0.29, 0.717) is 0 Å². The number of hydrogen-bond donors (Lipinski definition) is 0. The van der Waals surface area contributed by atoms with Crippen molar-refractivity contribution < 1.29 is 33.3 Å². The van der Waals surface area contributed by atoms with Crippen molar-refractivity contribution in [3.63, 3.8) is 0 Å². The van der Waals surface area contributed by atoms with Gasteiger partial charge in [0.15, 0.2) is 0 Å². The number of esters is 2. The minimum Gasteiger partial charge on any atom is -0.489 e. The lowest BCUT2D eigenvalue weighted by atomic mass is 10.2. The Kier molecular flexibility index (Phi) is 7.53. The Bertz CT molecular complexity index is 814. The molecule has 2 aromatic carbocycles. The number of benzene rings is 2. The van der Waals surface area contributed by atoms with E-state index in [9.17, 15) is 14.4 Å². The van der Waals surface area contributed by atoms with Gasteiger partial charge >= 0.3 is 18.1 Å². The summed E-state index contributed by atoms with van der Waals surface area (Å²) in [7, 11) is 0. The number of carbonyl (C=O) groups excluding carboxylic acids is 3. The molecule has 2 aromatic rings. The van der Waals surface area contributed by atoms with Crippen LogP contribution >= 0.6 is 0 Å². The molecule has 0 aliphatic heterocycles. The number of ether oxygens (including phenoxy) is 4. The fraction of sp³-hybridized carbons (Fsp3) is 0.0952. The molecule has 28 heavy (non-hydrogen) atoms. The maximum absolute atomic E-state index is 12.2. The molecule has 0 amide bonds. The summed E-state index contributed by atoms with van der Waals surface area (Å²) >= 11 is 0. The van der Waals surface area contributed by atoms with E-state index >= 15 is 0 Å². The first kappa shape index (κ1) is 20.4. The van der Waals surface area contributed by atoms with E-state index in [1.165, 1.54) is 36.4 Å². The average Bonchev–Trinajstić information content (AvgIpc) is 2.70. The molecule has 0 aliphatic rings. The van der Waals surface area contributed by atoms with Gasteiger partial charge in [-0.05, 0) is 24.3 Å². The largest absolute Gasteiger partial charge is 0.524 e. The molecule has 7 heteroatoms.